The first-order valence-electron chi connectivity index (χ1n) is 11.4. The number of amides is 1. The molecular formula is C23H35N5O3. The van der Waals surface area contributed by atoms with Crippen LogP contribution in [0.1, 0.15) is 37.2 Å². The molecule has 31 heavy (non-hydrogen) atoms. The lowest BCUT2D eigenvalue weighted by molar-refractivity contribution is -0.0697. The van der Waals surface area contributed by atoms with Crippen LogP contribution in [0.4, 0.5) is 0 Å². The van der Waals surface area contributed by atoms with Gasteiger partial charge in [-0.3, -0.25) is 14.8 Å². The predicted octanol–water partition coefficient (Wildman–Crippen LogP) is 2.12. The highest BCUT2D eigenvalue weighted by Gasteiger charge is 2.24. The maximum Gasteiger partial charge on any atom is 0.272 e. The summed E-state index contributed by atoms with van der Waals surface area (Å²) in [6.07, 6.45) is 2.88. The second-order valence-corrected chi connectivity index (χ2v) is 9.00. The summed E-state index contributed by atoms with van der Waals surface area (Å²) in [7, 11) is 1.62. The Balaban J connectivity index is 1.20. The molecule has 2 aliphatic heterocycles. The first-order valence-corrected chi connectivity index (χ1v) is 11.4. The van der Waals surface area contributed by atoms with Gasteiger partial charge in [0.15, 0.2) is 5.69 Å². The fourth-order valence-electron chi connectivity index (χ4n) is 4.78. The zero-order chi connectivity index (χ0) is 21.8. The Bertz CT molecular complexity index is 867. The van der Waals surface area contributed by atoms with Crippen LogP contribution in [0, 0.1) is 5.92 Å². The zero-order valence-corrected chi connectivity index (χ0v) is 18.9. The van der Waals surface area contributed by atoms with Crippen LogP contribution >= 0.6 is 0 Å². The molecule has 0 aliphatic carbocycles. The number of aromatic amines is 1. The van der Waals surface area contributed by atoms with Crippen molar-refractivity contribution >= 4 is 16.8 Å². The highest BCUT2D eigenvalue weighted by Crippen LogP contribution is 2.22. The summed E-state index contributed by atoms with van der Waals surface area (Å²) >= 11 is 0. The number of H-pyrrole nitrogens is 1. The molecule has 4 rings (SSSR count). The van der Waals surface area contributed by atoms with Crippen LogP contribution in [0.15, 0.2) is 18.2 Å². The Morgan fingerprint density at radius 3 is 2.61 bits per heavy atom. The number of hydrogen-bond acceptors (Lipinski definition) is 6. The van der Waals surface area contributed by atoms with Crippen LogP contribution in [-0.2, 0) is 4.74 Å². The number of rotatable bonds is 7. The molecule has 2 aromatic rings. The second-order valence-electron chi connectivity index (χ2n) is 9.00. The summed E-state index contributed by atoms with van der Waals surface area (Å²) in [5.41, 5.74) is 1.27. The lowest BCUT2D eigenvalue weighted by Gasteiger charge is -2.38. The highest BCUT2D eigenvalue weighted by atomic mass is 16.5. The molecule has 0 saturated carbocycles. The van der Waals surface area contributed by atoms with Gasteiger partial charge in [0.2, 0.25) is 0 Å². The van der Waals surface area contributed by atoms with Crippen LogP contribution in [0.5, 0.6) is 5.75 Å². The summed E-state index contributed by atoms with van der Waals surface area (Å²) in [5, 5.41) is 11.0. The number of nitrogens with one attached hydrogen (secondary N) is 2. The number of nitrogens with zero attached hydrogens (tertiary/aromatic N) is 3. The molecule has 3 heterocycles. The van der Waals surface area contributed by atoms with E-state index in [-0.39, 0.29) is 5.91 Å². The number of hydrogen-bond donors (Lipinski definition) is 2. The Morgan fingerprint density at radius 1 is 1.19 bits per heavy atom. The highest BCUT2D eigenvalue weighted by molar-refractivity contribution is 6.05. The topological polar surface area (TPSA) is 82.7 Å². The summed E-state index contributed by atoms with van der Waals surface area (Å²) in [6, 6.07) is 5.59. The normalized spacial score (nSPS) is 23.8. The van der Waals surface area contributed by atoms with Gasteiger partial charge in [0.25, 0.3) is 5.91 Å². The molecular weight excluding hydrogens is 394 g/mol. The Kier molecular flexibility index (Phi) is 7.09. The maximum absolute atomic E-state index is 12.7. The van der Waals surface area contributed by atoms with Crippen molar-refractivity contribution in [2.24, 2.45) is 5.92 Å². The van der Waals surface area contributed by atoms with E-state index in [1.54, 1.807) is 7.11 Å². The van der Waals surface area contributed by atoms with Gasteiger partial charge in [0.05, 0.1) is 24.8 Å². The number of morpholine rings is 1. The van der Waals surface area contributed by atoms with Crippen molar-refractivity contribution in [2.45, 2.75) is 38.9 Å². The Labute approximate surface area is 184 Å². The predicted molar refractivity (Wildman–Crippen MR) is 121 cm³/mol. The van der Waals surface area contributed by atoms with E-state index in [9.17, 15) is 4.79 Å². The molecule has 2 saturated heterocycles. The average molecular weight is 430 g/mol. The quantitative estimate of drug-likeness (QED) is 0.702. The van der Waals surface area contributed by atoms with Crippen LogP contribution in [0.25, 0.3) is 10.9 Å². The van der Waals surface area contributed by atoms with E-state index in [0.717, 1.165) is 68.8 Å². The third kappa shape index (κ3) is 5.56. The van der Waals surface area contributed by atoms with Crippen molar-refractivity contribution in [3.8, 4) is 5.75 Å². The Morgan fingerprint density at radius 2 is 1.90 bits per heavy atom. The van der Waals surface area contributed by atoms with Crippen molar-refractivity contribution in [1.82, 2.24) is 25.3 Å². The lowest BCUT2D eigenvalue weighted by Crippen LogP contribution is -2.48. The van der Waals surface area contributed by atoms with Crippen molar-refractivity contribution in [2.75, 3.05) is 52.9 Å². The number of aromatic nitrogens is 2. The second kappa shape index (κ2) is 9.97. The van der Waals surface area contributed by atoms with Crippen LogP contribution in [-0.4, -0.2) is 91.0 Å². The summed E-state index contributed by atoms with van der Waals surface area (Å²) in [6.45, 7) is 11.5. The van der Waals surface area contributed by atoms with Gasteiger partial charge in [-0.2, -0.15) is 5.10 Å². The van der Waals surface area contributed by atoms with Crippen LogP contribution in [0.2, 0.25) is 0 Å². The number of benzene rings is 1. The fraction of sp³-hybridized carbons (Fsp3) is 0.652. The van der Waals surface area contributed by atoms with E-state index in [0.29, 0.717) is 30.4 Å². The van der Waals surface area contributed by atoms with E-state index in [4.69, 9.17) is 9.47 Å². The smallest absolute Gasteiger partial charge is 0.272 e. The van der Waals surface area contributed by atoms with E-state index >= 15 is 0 Å². The summed E-state index contributed by atoms with van der Waals surface area (Å²) in [5.74, 6) is 1.11. The van der Waals surface area contributed by atoms with Gasteiger partial charge in [-0.15, -0.1) is 0 Å². The first kappa shape index (κ1) is 22.0. The molecule has 1 amide bonds. The first-order chi connectivity index (χ1) is 15.0. The van der Waals surface area contributed by atoms with Gasteiger partial charge in [0.1, 0.15) is 5.75 Å². The van der Waals surface area contributed by atoms with Crippen molar-refractivity contribution in [1.29, 1.82) is 0 Å². The molecule has 0 bridgehead atoms. The number of likely N-dealkylation sites (tertiary alicyclic amines) is 1. The Hall–Kier alpha value is -2.16. The molecule has 2 N–H and O–H groups in total. The number of methoxy groups -OCH3 is 1. The third-order valence-corrected chi connectivity index (χ3v) is 6.47. The van der Waals surface area contributed by atoms with Crippen LogP contribution < -0.4 is 10.1 Å². The average Bonchev–Trinajstić information content (AvgIpc) is 3.19. The fourth-order valence-corrected chi connectivity index (χ4v) is 4.78. The standard InChI is InChI=1S/C23H35N5O3/c1-16-14-28(15-17(2)31-16)11-10-27-8-6-18(7-9-27)13-24-23(29)22-20-12-19(30-3)4-5-21(20)25-26-22/h4-5,12,16-18H,6-11,13-15H2,1-3H3,(H,24,29)(H,25,26)/t16-,17+. The molecule has 8 heteroatoms. The van der Waals surface area contributed by atoms with Gasteiger partial charge in [-0.1, -0.05) is 0 Å². The number of carbonyl (C=O) groups is 1. The SMILES string of the molecule is COc1ccc2[nH]nc(C(=O)NCC3CCN(CCN4C[C@@H](C)O[C@@H](C)C4)CC3)c2c1. The monoisotopic (exact) mass is 429 g/mol. The molecule has 2 aliphatic rings. The molecule has 1 aromatic carbocycles. The van der Waals surface area contributed by atoms with Gasteiger partial charge in [0, 0.05) is 38.1 Å². The summed E-state index contributed by atoms with van der Waals surface area (Å²) in [4.78, 5) is 17.8. The zero-order valence-electron chi connectivity index (χ0n) is 18.9. The number of carbonyl (C=O) groups excluding carboxylic acids is 1. The van der Waals surface area contributed by atoms with Gasteiger partial charge in [-0.05, 0) is 63.9 Å². The van der Waals surface area contributed by atoms with Gasteiger partial charge >= 0.3 is 0 Å². The molecule has 0 radical (unpaired) electrons. The maximum atomic E-state index is 12.7. The molecule has 2 fully saturated rings. The molecule has 2 atom stereocenters. The summed E-state index contributed by atoms with van der Waals surface area (Å²) < 4.78 is 11.1. The van der Waals surface area contributed by atoms with E-state index in [1.165, 1.54) is 0 Å². The number of ether oxygens (including phenoxy) is 2. The van der Waals surface area contributed by atoms with Gasteiger partial charge in [-0.25, -0.2) is 0 Å². The minimum absolute atomic E-state index is 0.127. The molecule has 0 unspecified atom stereocenters. The molecule has 0 spiro atoms. The van der Waals surface area contributed by atoms with Crippen molar-refractivity contribution in [3.05, 3.63) is 23.9 Å². The largest absolute Gasteiger partial charge is 0.497 e. The van der Waals surface area contributed by atoms with E-state index in [1.807, 2.05) is 18.2 Å². The van der Waals surface area contributed by atoms with Crippen molar-refractivity contribution in [3.63, 3.8) is 0 Å². The third-order valence-electron chi connectivity index (χ3n) is 6.47. The number of piperidine rings is 1. The molecule has 170 valence electrons. The van der Waals surface area contributed by atoms with Crippen LogP contribution in [0.3, 0.4) is 0 Å². The number of fused-ring (bicyclic) bond motifs is 1. The van der Waals surface area contributed by atoms with Crippen molar-refractivity contribution < 1.29 is 14.3 Å². The minimum atomic E-state index is -0.127. The van der Waals surface area contributed by atoms with E-state index in [2.05, 4.69) is 39.2 Å². The van der Waals surface area contributed by atoms with Gasteiger partial charge < -0.3 is 19.7 Å². The molecule has 8 nitrogen and oxygen atoms in total. The lowest BCUT2D eigenvalue weighted by atomic mass is 9.96. The minimum Gasteiger partial charge on any atom is -0.497 e. The molecule has 1 aromatic heterocycles. The van der Waals surface area contributed by atoms with E-state index < -0.39 is 0 Å².